The minimum Gasteiger partial charge on any atom is -0.354 e. The van der Waals surface area contributed by atoms with Crippen molar-refractivity contribution in [1.29, 1.82) is 0 Å². The average molecular weight is 376 g/mol. The SMILES string of the molecule is CSc1ccc(CN2CCC2(C)C(=O)NCCCN2CCCC2=O)cc1. The minimum absolute atomic E-state index is 0.109. The molecule has 2 heterocycles. The highest BCUT2D eigenvalue weighted by molar-refractivity contribution is 7.98. The molecule has 6 heteroatoms. The molecule has 2 aliphatic heterocycles. The zero-order valence-electron chi connectivity index (χ0n) is 15.8. The number of hydrogen-bond donors (Lipinski definition) is 1. The number of likely N-dealkylation sites (tertiary alicyclic amines) is 2. The molecule has 2 saturated heterocycles. The predicted molar refractivity (Wildman–Crippen MR) is 105 cm³/mol. The number of nitrogens with zero attached hydrogens (tertiary/aromatic N) is 2. The first kappa shape index (κ1) is 19.2. The molecule has 2 aliphatic rings. The van der Waals surface area contributed by atoms with E-state index in [1.807, 2.05) is 11.8 Å². The standard InChI is InChI=1S/C20H29N3O2S/c1-20(19(25)21-11-4-13-22-12-3-5-18(22)24)10-14-23(20)15-16-6-8-17(26-2)9-7-16/h6-9H,3-5,10-15H2,1-2H3,(H,21,25). The third-order valence-corrected chi connectivity index (χ3v) is 6.39. The quantitative estimate of drug-likeness (QED) is 0.560. The first-order valence-corrected chi connectivity index (χ1v) is 10.7. The van der Waals surface area contributed by atoms with Gasteiger partial charge in [-0.2, -0.15) is 0 Å². The number of thioether (sulfide) groups is 1. The van der Waals surface area contributed by atoms with E-state index in [1.165, 1.54) is 10.5 Å². The first-order chi connectivity index (χ1) is 12.5. The van der Waals surface area contributed by atoms with E-state index in [0.717, 1.165) is 45.4 Å². The fraction of sp³-hybridized carbons (Fsp3) is 0.600. The fourth-order valence-corrected chi connectivity index (χ4v) is 4.08. The van der Waals surface area contributed by atoms with Crippen LogP contribution in [0.25, 0.3) is 0 Å². The molecule has 0 aromatic heterocycles. The summed E-state index contributed by atoms with van der Waals surface area (Å²) >= 11 is 1.74. The maximum absolute atomic E-state index is 12.7. The van der Waals surface area contributed by atoms with Crippen LogP contribution in [0.5, 0.6) is 0 Å². The molecule has 142 valence electrons. The summed E-state index contributed by atoms with van der Waals surface area (Å²) < 4.78 is 0. The van der Waals surface area contributed by atoms with Crippen LogP contribution in [-0.2, 0) is 16.1 Å². The Hall–Kier alpha value is -1.53. The molecule has 1 N–H and O–H groups in total. The van der Waals surface area contributed by atoms with Gasteiger partial charge in [-0.25, -0.2) is 0 Å². The van der Waals surface area contributed by atoms with Crippen LogP contribution in [0.15, 0.2) is 29.2 Å². The molecule has 0 bridgehead atoms. The van der Waals surface area contributed by atoms with E-state index in [-0.39, 0.29) is 11.8 Å². The second-order valence-corrected chi connectivity index (χ2v) is 8.27. The van der Waals surface area contributed by atoms with Crippen LogP contribution < -0.4 is 5.32 Å². The van der Waals surface area contributed by atoms with Crippen molar-refractivity contribution in [3.05, 3.63) is 29.8 Å². The Morgan fingerprint density at radius 2 is 2.04 bits per heavy atom. The van der Waals surface area contributed by atoms with E-state index in [4.69, 9.17) is 0 Å². The van der Waals surface area contributed by atoms with Crippen LogP contribution >= 0.6 is 11.8 Å². The lowest BCUT2D eigenvalue weighted by atomic mass is 9.85. The Morgan fingerprint density at radius 3 is 2.62 bits per heavy atom. The van der Waals surface area contributed by atoms with Gasteiger partial charge >= 0.3 is 0 Å². The third kappa shape index (κ3) is 4.23. The van der Waals surface area contributed by atoms with Crippen LogP contribution in [0.2, 0.25) is 0 Å². The molecule has 0 saturated carbocycles. The molecule has 1 unspecified atom stereocenters. The number of carbonyl (C=O) groups is 2. The molecular weight excluding hydrogens is 346 g/mol. The van der Waals surface area contributed by atoms with Crippen molar-refractivity contribution in [3.8, 4) is 0 Å². The molecule has 3 rings (SSSR count). The van der Waals surface area contributed by atoms with Crippen molar-refractivity contribution in [2.45, 2.75) is 49.6 Å². The maximum Gasteiger partial charge on any atom is 0.240 e. The number of benzene rings is 1. The van der Waals surface area contributed by atoms with E-state index >= 15 is 0 Å². The normalized spacial score (nSPS) is 23.2. The molecule has 5 nitrogen and oxygen atoms in total. The average Bonchev–Trinajstić information content (AvgIpc) is 3.06. The molecule has 1 aromatic rings. The van der Waals surface area contributed by atoms with Crippen molar-refractivity contribution in [2.24, 2.45) is 0 Å². The molecule has 2 fully saturated rings. The Labute approximate surface area is 160 Å². The van der Waals surface area contributed by atoms with Gasteiger partial charge in [0.2, 0.25) is 11.8 Å². The van der Waals surface area contributed by atoms with Gasteiger partial charge in [-0.1, -0.05) is 12.1 Å². The summed E-state index contributed by atoms with van der Waals surface area (Å²) in [5.41, 5.74) is 0.829. The summed E-state index contributed by atoms with van der Waals surface area (Å²) in [7, 11) is 0. The van der Waals surface area contributed by atoms with Gasteiger partial charge < -0.3 is 10.2 Å². The van der Waals surface area contributed by atoms with Gasteiger partial charge in [0.25, 0.3) is 0 Å². The molecule has 0 radical (unpaired) electrons. The van der Waals surface area contributed by atoms with Gasteiger partial charge in [-0.05, 0) is 50.1 Å². The van der Waals surface area contributed by atoms with E-state index < -0.39 is 5.54 Å². The molecule has 0 spiro atoms. The van der Waals surface area contributed by atoms with Crippen LogP contribution in [0.1, 0.15) is 38.2 Å². The van der Waals surface area contributed by atoms with Gasteiger partial charge in [0.1, 0.15) is 0 Å². The fourth-order valence-electron chi connectivity index (χ4n) is 3.67. The minimum atomic E-state index is -0.415. The zero-order valence-corrected chi connectivity index (χ0v) is 16.6. The lowest BCUT2D eigenvalue weighted by Crippen LogP contribution is -2.65. The van der Waals surface area contributed by atoms with Crippen LogP contribution in [-0.4, -0.2) is 59.6 Å². The number of rotatable bonds is 8. The van der Waals surface area contributed by atoms with Gasteiger partial charge in [0.05, 0.1) is 5.54 Å². The lowest BCUT2D eigenvalue weighted by Gasteiger charge is -2.49. The molecular formula is C20H29N3O2S. The van der Waals surface area contributed by atoms with Crippen molar-refractivity contribution < 1.29 is 9.59 Å². The van der Waals surface area contributed by atoms with E-state index in [0.29, 0.717) is 13.0 Å². The van der Waals surface area contributed by atoms with Gasteiger partial charge in [0.15, 0.2) is 0 Å². The smallest absolute Gasteiger partial charge is 0.240 e. The summed E-state index contributed by atoms with van der Waals surface area (Å²) in [4.78, 5) is 29.7. The highest BCUT2D eigenvalue weighted by Gasteiger charge is 2.46. The highest BCUT2D eigenvalue weighted by atomic mass is 32.2. The van der Waals surface area contributed by atoms with E-state index in [2.05, 4.69) is 40.7 Å². The second kappa shape index (κ2) is 8.44. The van der Waals surface area contributed by atoms with Gasteiger partial charge in [-0.15, -0.1) is 11.8 Å². The lowest BCUT2D eigenvalue weighted by molar-refractivity contribution is -0.141. The second-order valence-electron chi connectivity index (χ2n) is 7.39. The summed E-state index contributed by atoms with van der Waals surface area (Å²) in [5, 5.41) is 3.08. The molecule has 1 aromatic carbocycles. The number of amides is 2. The molecule has 1 atom stereocenters. The Kier molecular flexibility index (Phi) is 6.24. The Morgan fingerprint density at radius 1 is 1.27 bits per heavy atom. The number of hydrogen-bond acceptors (Lipinski definition) is 4. The van der Waals surface area contributed by atoms with E-state index in [1.54, 1.807) is 11.8 Å². The van der Waals surface area contributed by atoms with Crippen molar-refractivity contribution >= 4 is 23.6 Å². The Balaban J connectivity index is 1.44. The predicted octanol–water partition coefficient (Wildman–Crippen LogP) is 2.50. The first-order valence-electron chi connectivity index (χ1n) is 9.47. The van der Waals surface area contributed by atoms with E-state index in [9.17, 15) is 9.59 Å². The molecule has 26 heavy (non-hydrogen) atoms. The third-order valence-electron chi connectivity index (χ3n) is 5.65. The maximum atomic E-state index is 12.7. The topological polar surface area (TPSA) is 52.7 Å². The van der Waals surface area contributed by atoms with Crippen LogP contribution in [0, 0.1) is 0 Å². The number of carbonyl (C=O) groups excluding carboxylic acids is 2. The summed E-state index contributed by atoms with van der Waals surface area (Å²) in [6.07, 6.45) is 5.44. The molecule has 2 amide bonds. The van der Waals surface area contributed by atoms with Crippen LogP contribution in [0.4, 0.5) is 0 Å². The van der Waals surface area contributed by atoms with Crippen LogP contribution in [0.3, 0.4) is 0 Å². The van der Waals surface area contributed by atoms with Gasteiger partial charge in [-0.3, -0.25) is 14.5 Å². The van der Waals surface area contributed by atoms with Crippen molar-refractivity contribution in [3.63, 3.8) is 0 Å². The zero-order chi connectivity index (χ0) is 18.6. The molecule has 0 aliphatic carbocycles. The van der Waals surface area contributed by atoms with Crippen molar-refractivity contribution in [1.82, 2.24) is 15.1 Å². The van der Waals surface area contributed by atoms with Crippen molar-refractivity contribution in [2.75, 3.05) is 32.4 Å². The highest BCUT2D eigenvalue weighted by Crippen LogP contribution is 2.32. The summed E-state index contributed by atoms with van der Waals surface area (Å²) in [6.45, 7) is 6.05. The van der Waals surface area contributed by atoms with Gasteiger partial charge in [0, 0.05) is 44.0 Å². The number of nitrogens with one attached hydrogen (secondary N) is 1. The summed E-state index contributed by atoms with van der Waals surface area (Å²) in [6, 6.07) is 8.57. The monoisotopic (exact) mass is 375 g/mol. The Bertz CT molecular complexity index is 649. The summed E-state index contributed by atoms with van der Waals surface area (Å²) in [5.74, 6) is 0.359. The largest absolute Gasteiger partial charge is 0.354 e.